The average Bonchev–Trinajstić information content (AvgIpc) is 2.67. The van der Waals surface area contributed by atoms with Gasteiger partial charge in [-0.05, 0) is 6.92 Å². The van der Waals surface area contributed by atoms with Crippen LogP contribution >= 0.6 is 11.6 Å². The highest BCUT2D eigenvalue weighted by molar-refractivity contribution is 6.47. The number of hydrogen-bond acceptors (Lipinski definition) is 1. The molecule has 0 spiro atoms. The number of halogens is 1. The minimum absolute atomic E-state index is 0.412. The molecule has 0 saturated heterocycles. The van der Waals surface area contributed by atoms with Crippen LogP contribution < -0.4 is 0 Å². The quantitative estimate of drug-likeness (QED) is 0.793. The van der Waals surface area contributed by atoms with Crippen molar-refractivity contribution in [3.05, 3.63) is 55.0 Å². The number of aromatic nitrogens is 2. The second-order valence-electron chi connectivity index (χ2n) is 3.69. The van der Waals surface area contributed by atoms with Crippen molar-refractivity contribution in [3.8, 4) is 11.3 Å². The highest BCUT2D eigenvalue weighted by Gasteiger charge is 2.14. The SMILES string of the molecule is C=Cn1c(C(=C)Cl)nc(-c2ccccc2)c1C. The topological polar surface area (TPSA) is 17.8 Å². The van der Waals surface area contributed by atoms with E-state index in [4.69, 9.17) is 11.6 Å². The van der Waals surface area contributed by atoms with E-state index in [2.05, 4.69) is 18.1 Å². The van der Waals surface area contributed by atoms with Crippen molar-refractivity contribution in [3.63, 3.8) is 0 Å². The van der Waals surface area contributed by atoms with Crippen molar-refractivity contribution < 1.29 is 0 Å². The molecule has 17 heavy (non-hydrogen) atoms. The zero-order valence-electron chi connectivity index (χ0n) is 9.65. The van der Waals surface area contributed by atoms with Gasteiger partial charge in [0.05, 0.1) is 10.7 Å². The first-order valence-corrected chi connectivity index (χ1v) is 5.64. The molecule has 0 atom stereocenters. The van der Waals surface area contributed by atoms with Gasteiger partial charge >= 0.3 is 0 Å². The Bertz CT molecular complexity index is 567. The molecule has 2 rings (SSSR count). The maximum atomic E-state index is 5.93. The molecule has 0 N–H and O–H groups in total. The Morgan fingerprint density at radius 1 is 1.35 bits per heavy atom. The standard InChI is InChI=1S/C14H13ClN2/c1-4-17-11(3)13(16-14(17)10(2)15)12-8-6-5-7-9-12/h4-9H,1-2H2,3H3. The highest BCUT2D eigenvalue weighted by atomic mass is 35.5. The van der Waals surface area contributed by atoms with Crippen LogP contribution in [0.15, 0.2) is 43.5 Å². The fourth-order valence-electron chi connectivity index (χ4n) is 1.80. The minimum Gasteiger partial charge on any atom is -0.303 e. The number of hydrogen-bond donors (Lipinski definition) is 0. The molecule has 0 radical (unpaired) electrons. The Morgan fingerprint density at radius 3 is 2.47 bits per heavy atom. The van der Waals surface area contributed by atoms with E-state index in [1.54, 1.807) is 6.20 Å². The second kappa shape index (κ2) is 4.60. The predicted molar refractivity (Wildman–Crippen MR) is 73.7 cm³/mol. The summed E-state index contributed by atoms with van der Waals surface area (Å²) in [5.41, 5.74) is 2.97. The number of nitrogens with zero attached hydrogens (tertiary/aromatic N) is 2. The zero-order chi connectivity index (χ0) is 12.4. The van der Waals surface area contributed by atoms with Crippen molar-refractivity contribution in [2.24, 2.45) is 0 Å². The van der Waals surface area contributed by atoms with Crippen LogP contribution in [0.3, 0.4) is 0 Å². The van der Waals surface area contributed by atoms with Crippen molar-refractivity contribution in [2.75, 3.05) is 0 Å². The fraction of sp³-hybridized carbons (Fsp3) is 0.0714. The van der Waals surface area contributed by atoms with Crippen LogP contribution in [0, 0.1) is 6.92 Å². The molecule has 2 nitrogen and oxygen atoms in total. The molecule has 1 aromatic heterocycles. The first-order valence-electron chi connectivity index (χ1n) is 5.26. The first kappa shape index (κ1) is 11.7. The Hall–Kier alpha value is -1.80. The van der Waals surface area contributed by atoms with E-state index >= 15 is 0 Å². The van der Waals surface area contributed by atoms with Crippen LogP contribution in [0.4, 0.5) is 0 Å². The molecule has 1 aromatic carbocycles. The summed E-state index contributed by atoms with van der Waals surface area (Å²) in [6.45, 7) is 9.47. The lowest BCUT2D eigenvalue weighted by Gasteiger charge is -2.01. The van der Waals surface area contributed by atoms with Gasteiger partial charge in [-0.2, -0.15) is 0 Å². The summed E-state index contributed by atoms with van der Waals surface area (Å²) < 4.78 is 1.84. The third-order valence-corrected chi connectivity index (χ3v) is 2.79. The van der Waals surface area contributed by atoms with Gasteiger partial charge in [0.1, 0.15) is 0 Å². The zero-order valence-corrected chi connectivity index (χ0v) is 10.4. The first-order chi connectivity index (χ1) is 8.15. The maximum Gasteiger partial charge on any atom is 0.155 e. The average molecular weight is 245 g/mol. The Kier molecular flexibility index (Phi) is 3.16. The second-order valence-corrected chi connectivity index (χ2v) is 4.15. The Labute approximate surface area is 106 Å². The molecular formula is C14H13ClN2. The molecule has 0 aliphatic rings. The van der Waals surface area contributed by atoms with E-state index in [0.29, 0.717) is 10.9 Å². The van der Waals surface area contributed by atoms with Crippen LogP contribution in [-0.4, -0.2) is 9.55 Å². The molecule has 0 fully saturated rings. The lowest BCUT2D eigenvalue weighted by atomic mass is 10.1. The van der Waals surface area contributed by atoms with Crippen LogP contribution in [0.2, 0.25) is 0 Å². The van der Waals surface area contributed by atoms with Crippen molar-refractivity contribution >= 4 is 22.8 Å². The molecule has 0 saturated carbocycles. The van der Waals surface area contributed by atoms with E-state index < -0.39 is 0 Å². The van der Waals surface area contributed by atoms with Gasteiger partial charge in [-0.25, -0.2) is 4.98 Å². The molecule has 3 heteroatoms. The fourth-order valence-corrected chi connectivity index (χ4v) is 1.93. The van der Waals surface area contributed by atoms with E-state index in [1.165, 1.54) is 0 Å². The van der Waals surface area contributed by atoms with Gasteiger partial charge in [0.2, 0.25) is 0 Å². The summed E-state index contributed by atoms with van der Waals surface area (Å²) in [6, 6.07) is 9.98. The number of imidazole rings is 1. The highest BCUT2D eigenvalue weighted by Crippen LogP contribution is 2.27. The summed E-state index contributed by atoms with van der Waals surface area (Å²) in [5, 5.41) is 0.412. The summed E-state index contributed by atoms with van der Waals surface area (Å²) in [7, 11) is 0. The maximum absolute atomic E-state index is 5.93. The summed E-state index contributed by atoms with van der Waals surface area (Å²) >= 11 is 5.93. The third kappa shape index (κ3) is 2.04. The van der Waals surface area contributed by atoms with E-state index in [9.17, 15) is 0 Å². The summed E-state index contributed by atoms with van der Waals surface area (Å²) in [4.78, 5) is 4.51. The van der Waals surface area contributed by atoms with Gasteiger partial charge in [-0.3, -0.25) is 0 Å². The molecule has 2 aromatic rings. The lowest BCUT2D eigenvalue weighted by molar-refractivity contribution is 1.05. The molecular weight excluding hydrogens is 232 g/mol. The molecule has 0 amide bonds. The molecule has 0 unspecified atom stereocenters. The van der Waals surface area contributed by atoms with Gasteiger partial charge < -0.3 is 4.57 Å². The van der Waals surface area contributed by atoms with Gasteiger partial charge in [-0.15, -0.1) is 0 Å². The van der Waals surface area contributed by atoms with Gasteiger partial charge in [-0.1, -0.05) is 55.1 Å². The van der Waals surface area contributed by atoms with E-state index in [-0.39, 0.29) is 0 Å². The monoisotopic (exact) mass is 244 g/mol. The molecule has 0 aliphatic carbocycles. The van der Waals surface area contributed by atoms with Crippen molar-refractivity contribution in [2.45, 2.75) is 6.92 Å². The van der Waals surface area contributed by atoms with Gasteiger partial charge in [0.25, 0.3) is 0 Å². The van der Waals surface area contributed by atoms with Gasteiger partial charge in [0, 0.05) is 17.5 Å². The largest absolute Gasteiger partial charge is 0.303 e. The lowest BCUT2D eigenvalue weighted by Crippen LogP contribution is -1.93. The van der Waals surface area contributed by atoms with Crippen LogP contribution in [0.5, 0.6) is 0 Å². The van der Waals surface area contributed by atoms with E-state index in [0.717, 1.165) is 17.0 Å². The molecule has 1 heterocycles. The minimum atomic E-state index is 0.412. The smallest absolute Gasteiger partial charge is 0.155 e. The van der Waals surface area contributed by atoms with Gasteiger partial charge in [0.15, 0.2) is 5.82 Å². The van der Waals surface area contributed by atoms with Crippen LogP contribution in [-0.2, 0) is 0 Å². The van der Waals surface area contributed by atoms with Crippen LogP contribution in [0.1, 0.15) is 11.5 Å². The Balaban J connectivity index is 2.65. The van der Waals surface area contributed by atoms with Crippen molar-refractivity contribution in [1.29, 1.82) is 0 Å². The number of rotatable bonds is 3. The van der Waals surface area contributed by atoms with Crippen LogP contribution in [0.25, 0.3) is 22.5 Å². The normalized spacial score (nSPS) is 10.2. The number of benzene rings is 1. The molecule has 0 aliphatic heterocycles. The van der Waals surface area contributed by atoms with Crippen molar-refractivity contribution in [1.82, 2.24) is 9.55 Å². The summed E-state index contributed by atoms with van der Waals surface area (Å²) in [5.74, 6) is 0.637. The molecule has 86 valence electrons. The third-order valence-electron chi connectivity index (χ3n) is 2.62. The van der Waals surface area contributed by atoms with E-state index in [1.807, 2.05) is 41.8 Å². The summed E-state index contributed by atoms with van der Waals surface area (Å²) in [6.07, 6.45) is 1.69. The predicted octanol–water partition coefficient (Wildman–Crippen LogP) is 4.17. The Morgan fingerprint density at radius 2 is 2.00 bits per heavy atom. The molecule has 0 bridgehead atoms.